The van der Waals surface area contributed by atoms with Crippen molar-refractivity contribution in [2.75, 3.05) is 26.5 Å². The van der Waals surface area contributed by atoms with Crippen LogP contribution in [0.4, 0.5) is 13.2 Å². The number of hydrogen-bond acceptors (Lipinski definition) is 4. The summed E-state index contributed by atoms with van der Waals surface area (Å²) in [4.78, 5) is 15.5. The molecular formula is C18H23F3N2O2S. The van der Waals surface area contributed by atoms with Gasteiger partial charge in [-0.2, -0.15) is 13.2 Å². The number of likely N-dealkylation sites (tertiary alicyclic amines) is 1. The van der Waals surface area contributed by atoms with E-state index in [1.54, 1.807) is 6.26 Å². The molecule has 1 saturated carbocycles. The number of ether oxygens (including phenoxy) is 1. The molecule has 0 aromatic heterocycles. The summed E-state index contributed by atoms with van der Waals surface area (Å²) in [5, 5.41) is 3.01. The number of nitrogens with one attached hydrogen (secondary N) is 1. The molecule has 4 nitrogen and oxygen atoms in total. The van der Waals surface area contributed by atoms with Crippen LogP contribution >= 0.6 is 11.8 Å². The van der Waals surface area contributed by atoms with Crippen LogP contribution in [0.2, 0.25) is 0 Å². The number of carbonyl (C=O) groups is 1. The van der Waals surface area contributed by atoms with Gasteiger partial charge in [0, 0.05) is 17.0 Å². The summed E-state index contributed by atoms with van der Waals surface area (Å²) in [5.41, 5.74) is -0.631. The summed E-state index contributed by atoms with van der Waals surface area (Å²) < 4.78 is 44.4. The minimum atomic E-state index is -4.48. The monoisotopic (exact) mass is 388 g/mol. The predicted octanol–water partition coefficient (Wildman–Crippen LogP) is 3.79. The first-order valence-corrected chi connectivity index (χ1v) is 9.95. The van der Waals surface area contributed by atoms with Crippen molar-refractivity contribution >= 4 is 17.7 Å². The van der Waals surface area contributed by atoms with Gasteiger partial charge in [-0.25, -0.2) is 0 Å². The molecule has 0 unspecified atom stereocenters. The van der Waals surface area contributed by atoms with E-state index in [-0.39, 0.29) is 28.2 Å². The molecule has 1 saturated heterocycles. The van der Waals surface area contributed by atoms with Crippen molar-refractivity contribution in [1.82, 2.24) is 10.2 Å². The van der Waals surface area contributed by atoms with Crippen LogP contribution in [0.15, 0.2) is 17.0 Å². The number of benzene rings is 1. The van der Waals surface area contributed by atoms with Crippen LogP contribution in [-0.4, -0.2) is 49.3 Å². The maximum Gasteiger partial charge on any atom is 0.416 e. The van der Waals surface area contributed by atoms with Crippen LogP contribution in [0, 0.1) is 0 Å². The second-order valence-electron chi connectivity index (χ2n) is 6.72. The molecule has 0 radical (unpaired) electrons. The molecule has 2 fully saturated rings. The summed E-state index contributed by atoms with van der Waals surface area (Å²) in [7, 11) is 1.28. The molecule has 8 heteroatoms. The lowest BCUT2D eigenvalue weighted by Gasteiger charge is -2.43. The van der Waals surface area contributed by atoms with Gasteiger partial charge in [-0.15, -0.1) is 11.8 Å². The predicted molar refractivity (Wildman–Crippen MR) is 94.9 cm³/mol. The normalized spacial score (nSPS) is 23.6. The molecule has 1 aliphatic heterocycles. The fraction of sp³-hybridized carbons (Fsp3) is 0.611. The summed E-state index contributed by atoms with van der Waals surface area (Å²) in [6.07, 6.45) is 1.47. The minimum absolute atomic E-state index is 0.0429. The van der Waals surface area contributed by atoms with Gasteiger partial charge in [0.15, 0.2) is 0 Å². The molecule has 1 aliphatic carbocycles. The van der Waals surface area contributed by atoms with E-state index in [1.807, 2.05) is 0 Å². The van der Waals surface area contributed by atoms with Gasteiger partial charge < -0.3 is 10.1 Å². The fourth-order valence-corrected chi connectivity index (χ4v) is 4.34. The Morgan fingerprint density at radius 3 is 2.46 bits per heavy atom. The zero-order valence-electron chi connectivity index (χ0n) is 14.9. The number of amides is 1. The summed E-state index contributed by atoms with van der Waals surface area (Å²) in [6.45, 7) is 2.10. The van der Waals surface area contributed by atoms with E-state index in [9.17, 15) is 18.0 Å². The molecule has 144 valence electrons. The van der Waals surface area contributed by atoms with Gasteiger partial charge in [0.1, 0.15) is 5.75 Å². The first kappa shape index (κ1) is 19.4. The quantitative estimate of drug-likeness (QED) is 0.780. The SMILES string of the molecule is COc1cc(C(F)(F)F)cc(SC)c1C(=O)N[C@H]1CC[C@H]1N1CCCC1. The van der Waals surface area contributed by atoms with Gasteiger partial charge in [0.25, 0.3) is 5.91 Å². The van der Waals surface area contributed by atoms with Crippen LogP contribution in [0.5, 0.6) is 5.75 Å². The smallest absolute Gasteiger partial charge is 0.416 e. The lowest BCUT2D eigenvalue weighted by Crippen LogP contribution is -2.57. The average Bonchev–Trinajstić information content (AvgIpc) is 3.09. The second-order valence-corrected chi connectivity index (χ2v) is 7.57. The molecule has 1 aromatic rings. The van der Waals surface area contributed by atoms with Crippen molar-refractivity contribution in [3.8, 4) is 5.75 Å². The Morgan fingerprint density at radius 2 is 1.96 bits per heavy atom. The van der Waals surface area contributed by atoms with Crippen LogP contribution < -0.4 is 10.1 Å². The summed E-state index contributed by atoms with van der Waals surface area (Å²) in [6, 6.07) is 2.29. The Bertz CT molecular complexity index is 650. The molecule has 2 aliphatic rings. The molecular weight excluding hydrogens is 365 g/mol. The van der Waals surface area contributed by atoms with E-state index >= 15 is 0 Å². The number of alkyl halides is 3. The second kappa shape index (κ2) is 7.68. The van der Waals surface area contributed by atoms with Crippen molar-refractivity contribution in [3.05, 3.63) is 23.3 Å². The lowest BCUT2D eigenvalue weighted by atomic mass is 9.85. The number of rotatable bonds is 5. The van der Waals surface area contributed by atoms with E-state index in [2.05, 4.69) is 10.2 Å². The Balaban J connectivity index is 1.82. The standard InChI is InChI=1S/C18H23F3N2O2S/c1-25-14-9-11(18(19,20)21)10-15(26-2)16(14)17(24)22-12-5-6-13(12)23-7-3-4-8-23/h9-10,12-13H,3-8H2,1-2H3,(H,22,24)/t12-,13+/m0/s1. The molecule has 0 bridgehead atoms. The first-order chi connectivity index (χ1) is 12.3. The summed E-state index contributed by atoms with van der Waals surface area (Å²) in [5.74, 6) is -0.410. The number of methoxy groups -OCH3 is 1. The molecule has 26 heavy (non-hydrogen) atoms. The van der Waals surface area contributed by atoms with Crippen LogP contribution in [0.1, 0.15) is 41.6 Å². The van der Waals surface area contributed by atoms with E-state index in [0.29, 0.717) is 6.04 Å². The largest absolute Gasteiger partial charge is 0.496 e. The third-order valence-electron chi connectivity index (χ3n) is 5.22. The van der Waals surface area contributed by atoms with E-state index in [4.69, 9.17) is 4.74 Å². The third kappa shape index (κ3) is 3.81. The number of thioether (sulfide) groups is 1. The summed E-state index contributed by atoms with van der Waals surface area (Å²) >= 11 is 1.11. The van der Waals surface area contributed by atoms with Crippen molar-refractivity contribution in [2.24, 2.45) is 0 Å². The maximum atomic E-state index is 13.1. The van der Waals surface area contributed by atoms with Gasteiger partial charge in [-0.3, -0.25) is 9.69 Å². The van der Waals surface area contributed by atoms with Gasteiger partial charge >= 0.3 is 6.18 Å². The number of halogens is 3. The fourth-order valence-electron chi connectivity index (χ4n) is 3.70. The zero-order chi connectivity index (χ0) is 18.9. The molecule has 1 amide bonds. The molecule has 1 heterocycles. The first-order valence-electron chi connectivity index (χ1n) is 8.73. The Kier molecular flexibility index (Phi) is 5.72. The van der Waals surface area contributed by atoms with Crippen molar-refractivity contribution in [2.45, 2.75) is 48.8 Å². The van der Waals surface area contributed by atoms with Gasteiger partial charge in [-0.1, -0.05) is 0 Å². The Morgan fingerprint density at radius 1 is 1.27 bits per heavy atom. The zero-order valence-corrected chi connectivity index (χ0v) is 15.7. The lowest BCUT2D eigenvalue weighted by molar-refractivity contribution is -0.137. The van der Waals surface area contributed by atoms with Gasteiger partial charge in [-0.05, 0) is 57.2 Å². The highest BCUT2D eigenvalue weighted by atomic mass is 32.2. The van der Waals surface area contributed by atoms with Gasteiger partial charge in [0.2, 0.25) is 0 Å². The van der Waals surface area contributed by atoms with E-state index in [0.717, 1.165) is 49.8 Å². The highest BCUT2D eigenvalue weighted by molar-refractivity contribution is 7.98. The highest BCUT2D eigenvalue weighted by Gasteiger charge is 2.39. The van der Waals surface area contributed by atoms with Crippen molar-refractivity contribution in [3.63, 3.8) is 0 Å². The Labute approximate surface area is 155 Å². The average molecular weight is 388 g/mol. The van der Waals surface area contributed by atoms with E-state index in [1.165, 1.54) is 20.0 Å². The van der Waals surface area contributed by atoms with Crippen molar-refractivity contribution < 1.29 is 22.7 Å². The maximum absolute atomic E-state index is 13.1. The molecule has 1 aromatic carbocycles. The topological polar surface area (TPSA) is 41.6 Å². The van der Waals surface area contributed by atoms with Crippen LogP contribution in [-0.2, 0) is 6.18 Å². The third-order valence-corrected chi connectivity index (χ3v) is 5.99. The molecule has 1 N–H and O–H groups in total. The molecule has 2 atom stereocenters. The highest BCUT2D eigenvalue weighted by Crippen LogP contribution is 2.38. The number of hydrogen-bond donors (Lipinski definition) is 1. The Hall–Kier alpha value is -1.41. The molecule has 0 spiro atoms. The van der Waals surface area contributed by atoms with Gasteiger partial charge in [0.05, 0.1) is 18.2 Å². The van der Waals surface area contributed by atoms with Crippen LogP contribution in [0.3, 0.4) is 0 Å². The number of nitrogens with zero attached hydrogens (tertiary/aromatic N) is 1. The number of carbonyl (C=O) groups excluding carboxylic acids is 1. The minimum Gasteiger partial charge on any atom is -0.496 e. The molecule has 3 rings (SSSR count). The van der Waals surface area contributed by atoms with Crippen LogP contribution in [0.25, 0.3) is 0 Å². The van der Waals surface area contributed by atoms with E-state index < -0.39 is 11.7 Å². The van der Waals surface area contributed by atoms with Crippen molar-refractivity contribution in [1.29, 1.82) is 0 Å².